The molecule has 0 atom stereocenters. The number of nitrogens with one attached hydrogen (secondary N) is 1. The molecule has 8 nitrogen and oxygen atoms in total. The molecule has 164 valence electrons. The molecule has 0 saturated carbocycles. The lowest BCUT2D eigenvalue weighted by molar-refractivity contribution is 1.00. The Morgan fingerprint density at radius 2 is 1.94 bits per heavy atom. The zero-order chi connectivity index (χ0) is 22.9. The number of H-pyrrole nitrogens is 1. The molecule has 0 unspecified atom stereocenters. The number of pyridine rings is 3. The standard InChI is InChI=1S/C25H23N7O/c1-4-31(18-8-6-11-26-14-18)21-13-16(2)15-32-23(20-10-12-27-25(33)29-20)22(30-24(21)32)19-9-5-7-17(3)28-19/h5-15H,4H2,1-3H3,(H,27,29,33). The lowest BCUT2D eigenvalue weighted by atomic mass is 10.1. The molecule has 8 heteroatoms. The summed E-state index contributed by atoms with van der Waals surface area (Å²) in [7, 11) is 0. The molecule has 0 amide bonds. The molecular weight excluding hydrogens is 414 g/mol. The summed E-state index contributed by atoms with van der Waals surface area (Å²) in [6.07, 6.45) is 7.13. The van der Waals surface area contributed by atoms with Gasteiger partial charge in [0.15, 0.2) is 5.65 Å². The van der Waals surface area contributed by atoms with Gasteiger partial charge in [-0.3, -0.25) is 14.4 Å². The zero-order valence-electron chi connectivity index (χ0n) is 18.6. The highest BCUT2D eigenvalue weighted by molar-refractivity contribution is 5.85. The number of fused-ring (bicyclic) bond motifs is 1. The Bertz CT molecular complexity index is 1500. The van der Waals surface area contributed by atoms with Crippen molar-refractivity contribution in [2.45, 2.75) is 20.8 Å². The van der Waals surface area contributed by atoms with Crippen molar-refractivity contribution in [2.24, 2.45) is 0 Å². The highest BCUT2D eigenvalue weighted by Gasteiger charge is 2.22. The van der Waals surface area contributed by atoms with Crippen LogP contribution in [-0.2, 0) is 0 Å². The first-order valence-electron chi connectivity index (χ1n) is 10.7. The van der Waals surface area contributed by atoms with Crippen LogP contribution in [0.25, 0.3) is 28.4 Å². The summed E-state index contributed by atoms with van der Waals surface area (Å²) in [5.74, 6) is 0. The number of nitrogens with zero attached hydrogens (tertiary/aromatic N) is 6. The monoisotopic (exact) mass is 437 g/mol. The number of anilines is 2. The van der Waals surface area contributed by atoms with E-state index in [1.807, 2.05) is 61.0 Å². The SMILES string of the molecule is CCN(c1cccnc1)c1cc(C)cn2c(-c3ccnc(=O)[nH]3)c(-c3cccc(C)n3)nc12. The first-order valence-corrected chi connectivity index (χ1v) is 10.7. The fourth-order valence-electron chi connectivity index (χ4n) is 4.08. The molecule has 0 spiro atoms. The number of imidazole rings is 1. The van der Waals surface area contributed by atoms with Gasteiger partial charge in [-0.25, -0.2) is 14.8 Å². The van der Waals surface area contributed by atoms with Gasteiger partial charge in [-0.15, -0.1) is 0 Å². The Hall–Kier alpha value is -4.33. The van der Waals surface area contributed by atoms with Crippen LogP contribution in [0.2, 0.25) is 0 Å². The van der Waals surface area contributed by atoms with Gasteiger partial charge in [-0.05, 0) is 62.7 Å². The molecule has 5 aromatic heterocycles. The summed E-state index contributed by atoms with van der Waals surface area (Å²) in [5, 5.41) is 0. The van der Waals surface area contributed by atoms with E-state index in [1.165, 1.54) is 6.20 Å². The fourth-order valence-corrected chi connectivity index (χ4v) is 4.08. The van der Waals surface area contributed by atoms with Gasteiger partial charge < -0.3 is 9.88 Å². The van der Waals surface area contributed by atoms with E-state index in [9.17, 15) is 4.79 Å². The topological polar surface area (TPSA) is 92.1 Å². The molecule has 0 aliphatic rings. The van der Waals surface area contributed by atoms with Crippen LogP contribution in [0.5, 0.6) is 0 Å². The summed E-state index contributed by atoms with van der Waals surface area (Å²) in [6.45, 7) is 6.82. The molecule has 5 heterocycles. The van der Waals surface area contributed by atoms with Crippen LogP contribution in [0.15, 0.2) is 72.0 Å². The molecule has 1 N–H and O–H groups in total. The van der Waals surface area contributed by atoms with E-state index in [4.69, 9.17) is 9.97 Å². The van der Waals surface area contributed by atoms with Gasteiger partial charge in [-0.1, -0.05) is 6.07 Å². The smallest absolute Gasteiger partial charge is 0.337 e. The van der Waals surface area contributed by atoms with Crippen LogP contribution >= 0.6 is 0 Å². The molecule has 0 aliphatic heterocycles. The molecule has 5 aromatic rings. The van der Waals surface area contributed by atoms with Crippen molar-refractivity contribution in [1.29, 1.82) is 0 Å². The number of aromatic nitrogens is 6. The van der Waals surface area contributed by atoms with Crippen molar-refractivity contribution in [3.05, 3.63) is 89.0 Å². The highest BCUT2D eigenvalue weighted by Crippen LogP contribution is 2.36. The number of hydrogen-bond donors (Lipinski definition) is 1. The normalized spacial score (nSPS) is 11.1. The highest BCUT2D eigenvalue weighted by atomic mass is 16.1. The van der Waals surface area contributed by atoms with Crippen molar-refractivity contribution in [3.8, 4) is 22.8 Å². The Morgan fingerprint density at radius 1 is 1.06 bits per heavy atom. The maximum Gasteiger partial charge on any atom is 0.345 e. The van der Waals surface area contributed by atoms with E-state index in [1.54, 1.807) is 12.3 Å². The first kappa shape index (κ1) is 20.6. The number of hydrogen-bond acceptors (Lipinski definition) is 6. The lowest BCUT2D eigenvalue weighted by Crippen LogP contribution is -2.17. The minimum Gasteiger partial charge on any atom is -0.337 e. The van der Waals surface area contributed by atoms with E-state index in [0.29, 0.717) is 11.4 Å². The summed E-state index contributed by atoms with van der Waals surface area (Å²) in [4.78, 5) is 35.0. The van der Waals surface area contributed by atoms with Crippen molar-refractivity contribution in [1.82, 2.24) is 29.3 Å². The zero-order valence-corrected chi connectivity index (χ0v) is 18.6. The maximum absolute atomic E-state index is 12.1. The van der Waals surface area contributed by atoms with Gasteiger partial charge in [0.05, 0.1) is 34.7 Å². The molecule has 0 aromatic carbocycles. The van der Waals surface area contributed by atoms with Crippen molar-refractivity contribution < 1.29 is 0 Å². The average molecular weight is 438 g/mol. The van der Waals surface area contributed by atoms with Gasteiger partial charge in [0.2, 0.25) is 0 Å². The minimum atomic E-state index is -0.413. The molecule has 0 bridgehead atoms. The molecule has 0 saturated heterocycles. The van der Waals surface area contributed by atoms with Crippen LogP contribution in [0.3, 0.4) is 0 Å². The van der Waals surface area contributed by atoms with Crippen LogP contribution in [0.4, 0.5) is 11.4 Å². The molecular formula is C25H23N7O. The third kappa shape index (κ3) is 3.76. The Kier molecular flexibility index (Phi) is 5.18. The summed E-state index contributed by atoms with van der Waals surface area (Å²) < 4.78 is 2.02. The van der Waals surface area contributed by atoms with Crippen molar-refractivity contribution >= 4 is 17.0 Å². The van der Waals surface area contributed by atoms with E-state index >= 15 is 0 Å². The largest absolute Gasteiger partial charge is 0.345 e. The van der Waals surface area contributed by atoms with Gasteiger partial charge in [0.1, 0.15) is 5.69 Å². The van der Waals surface area contributed by atoms with Crippen LogP contribution in [0.1, 0.15) is 18.2 Å². The van der Waals surface area contributed by atoms with Crippen LogP contribution in [0, 0.1) is 13.8 Å². The Labute approximate surface area is 190 Å². The van der Waals surface area contributed by atoms with Gasteiger partial charge in [0.25, 0.3) is 0 Å². The van der Waals surface area contributed by atoms with E-state index in [2.05, 4.69) is 32.8 Å². The third-order valence-corrected chi connectivity index (χ3v) is 5.46. The molecule has 0 radical (unpaired) electrons. The number of aromatic amines is 1. The van der Waals surface area contributed by atoms with Gasteiger partial charge >= 0.3 is 5.69 Å². The third-order valence-electron chi connectivity index (χ3n) is 5.46. The number of aryl methyl sites for hydroxylation is 2. The second-order valence-electron chi connectivity index (χ2n) is 7.81. The Morgan fingerprint density at radius 3 is 2.67 bits per heavy atom. The molecule has 0 fully saturated rings. The van der Waals surface area contributed by atoms with Gasteiger partial charge in [-0.2, -0.15) is 0 Å². The predicted octanol–water partition coefficient (Wildman–Crippen LogP) is 4.32. The van der Waals surface area contributed by atoms with Crippen molar-refractivity contribution in [3.63, 3.8) is 0 Å². The maximum atomic E-state index is 12.1. The van der Waals surface area contributed by atoms with E-state index < -0.39 is 5.69 Å². The Balaban J connectivity index is 1.86. The lowest BCUT2D eigenvalue weighted by Gasteiger charge is -2.24. The van der Waals surface area contributed by atoms with Crippen molar-refractivity contribution in [2.75, 3.05) is 11.4 Å². The number of rotatable bonds is 5. The summed E-state index contributed by atoms with van der Waals surface area (Å²) >= 11 is 0. The van der Waals surface area contributed by atoms with E-state index in [-0.39, 0.29) is 0 Å². The first-order chi connectivity index (χ1) is 16.0. The van der Waals surface area contributed by atoms with Crippen LogP contribution < -0.4 is 10.6 Å². The molecule has 33 heavy (non-hydrogen) atoms. The second kappa shape index (κ2) is 8.31. The molecule has 0 aliphatic carbocycles. The van der Waals surface area contributed by atoms with E-state index in [0.717, 1.165) is 46.2 Å². The minimum absolute atomic E-state index is 0.413. The summed E-state index contributed by atoms with van der Waals surface area (Å²) in [5.41, 5.74) is 7.03. The fraction of sp³-hybridized carbons (Fsp3) is 0.160. The second-order valence-corrected chi connectivity index (χ2v) is 7.81. The van der Waals surface area contributed by atoms with Gasteiger partial charge in [0, 0.05) is 30.8 Å². The van der Waals surface area contributed by atoms with Crippen LogP contribution in [-0.4, -0.2) is 35.9 Å². The summed E-state index contributed by atoms with van der Waals surface area (Å²) in [6, 6.07) is 13.7. The predicted molar refractivity (Wildman–Crippen MR) is 129 cm³/mol. The quantitative estimate of drug-likeness (QED) is 0.440. The average Bonchev–Trinajstić information content (AvgIpc) is 3.20. The molecule has 5 rings (SSSR count).